The third-order valence-electron chi connectivity index (χ3n) is 9.61. The predicted molar refractivity (Wildman–Crippen MR) is 223 cm³/mol. The van der Waals surface area contributed by atoms with E-state index in [4.69, 9.17) is 37.9 Å². The standard InChI is InChI=1S/C43H58O9P2/c1-45-32-16-20-40(36(25-32)49-5)53(41-21-17-33(46-2)26-37(41)50-6)29-31(15-13-11-9-10-12-14-24-44)30-54(42-22-18-34(47-3)27-38(42)51-7)43-23-19-35(48-4)28-39(43)52-8/h16-23,25-28,31,44H,9-15,24,29-30H2,1-8H3. The Kier molecular flexibility index (Phi) is 17.8. The zero-order valence-corrected chi connectivity index (χ0v) is 35.0. The monoisotopic (exact) mass is 780 g/mol. The first-order valence-corrected chi connectivity index (χ1v) is 21.5. The zero-order valence-electron chi connectivity index (χ0n) is 33.2. The molecule has 1 N–H and O–H groups in total. The summed E-state index contributed by atoms with van der Waals surface area (Å²) in [5.74, 6) is 6.41. The highest BCUT2D eigenvalue weighted by molar-refractivity contribution is 7.74. The first-order chi connectivity index (χ1) is 26.4. The number of hydrogen-bond acceptors (Lipinski definition) is 9. The van der Waals surface area contributed by atoms with Crippen LogP contribution in [0.5, 0.6) is 46.0 Å². The fourth-order valence-electron chi connectivity index (χ4n) is 6.69. The lowest BCUT2D eigenvalue weighted by molar-refractivity contribution is 0.282. The van der Waals surface area contributed by atoms with Gasteiger partial charge in [-0.05, 0) is 95.5 Å². The summed E-state index contributed by atoms with van der Waals surface area (Å²) in [5, 5.41) is 13.8. The van der Waals surface area contributed by atoms with Crippen molar-refractivity contribution in [3.05, 3.63) is 72.8 Å². The minimum absolute atomic E-state index is 0.252. The van der Waals surface area contributed by atoms with Crippen molar-refractivity contribution in [2.24, 2.45) is 5.92 Å². The molecule has 54 heavy (non-hydrogen) atoms. The van der Waals surface area contributed by atoms with Crippen molar-refractivity contribution in [2.75, 3.05) is 75.8 Å². The van der Waals surface area contributed by atoms with Gasteiger partial charge in [0.25, 0.3) is 0 Å². The van der Waals surface area contributed by atoms with Gasteiger partial charge in [-0.3, -0.25) is 0 Å². The second-order valence-corrected chi connectivity index (χ2v) is 17.2. The lowest BCUT2D eigenvalue weighted by Gasteiger charge is -2.31. The van der Waals surface area contributed by atoms with Gasteiger partial charge < -0.3 is 43.0 Å². The number of benzene rings is 4. The molecule has 0 amide bonds. The van der Waals surface area contributed by atoms with E-state index in [-0.39, 0.29) is 12.5 Å². The van der Waals surface area contributed by atoms with Gasteiger partial charge in [0.15, 0.2) is 0 Å². The first-order valence-electron chi connectivity index (χ1n) is 18.4. The lowest BCUT2D eigenvalue weighted by Crippen LogP contribution is -2.26. The Balaban J connectivity index is 1.88. The summed E-state index contributed by atoms with van der Waals surface area (Å²) in [6, 6.07) is 24.5. The SMILES string of the molecule is COc1ccc(P(CC(CCCCCCCCO)CP(c2ccc(OC)cc2OC)c2ccc(OC)cc2OC)c2ccc(OC)cc2OC)c(OC)c1. The quantitative estimate of drug-likeness (QED) is 0.0569. The number of aliphatic hydroxyl groups excluding tert-OH is 1. The Morgan fingerprint density at radius 1 is 0.407 bits per heavy atom. The molecule has 0 bridgehead atoms. The van der Waals surface area contributed by atoms with Crippen molar-refractivity contribution in [3.8, 4) is 46.0 Å². The Morgan fingerprint density at radius 2 is 0.704 bits per heavy atom. The molecule has 0 aliphatic heterocycles. The zero-order chi connectivity index (χ0) is 38.9. The van der Waals surface area contributed by atoms with Crippen molar-refractivity contribution in [1.82, 2.24) is 0 Å². The van der Waals surface area contributed by atoms with Crippen LogP contribution in [0.15, 0.2) is 72.8 Å². The molecule has 11 heteroatoms. The highest BCUT2D eigenvalue weighted by Gasteiger charge is 2.31. The summed E-state index contributed by atoms with van der Waals surface area (Å²) in [6.07, 6.45) is 9.23. The second-order valence-electron chi connectivity index (χ2n) is 12.9. The summed E-state index contributed by atoms with van der Waals surface area (Å²) in [7, 11) is 11.6. The van der Waals surface area contributed by atoms with Crippen LogP contribution < -0.4 is 59.1 Å². The van der Waals surface area contributed by atoms with E-state index in [9.17, 15) is 5.11 Å². The molecule has 9 nitrogen and oxygen atoms in total. The number of methoxy groups -OCH3 is 8. The molecule has 0 fully saturated rings. The van der Waals surface area contributed by atoms with Crippen LogP contribution in [-0.4, -0.2) is 80.9 Å². The van der Waals surface area contributed by atoms with Crippen LogP contribution in [0, 0.1) is 5.92 Å². The van der Waals surface area contributed by atoms with E-state index in [1.807, 2.05) is 48.5 Å². The number of unbranched alkanes of at least 4 members (excludes halogenated alkanes) is 5. The third kappa shape index (κ3) is 11.3. The topological polar surface area (TPSA) is 94.1 Å². The Hall–Kier alpha value is -3.90. The Morgan fingerprint density at radius 3 is 0.981 bits per heavy atom. The summed E-state index contributed by atoms with van der Waals surface area (Å²) >= 11 is 0. The van der Waals surface area contributed by atoms with Gasteiger partial charge in [0.2, 0.25) is 0 Å². The van der Waals surface area contributed by atoms with Gasteiger partial charge in [-0.25, -0.2) is 0 Å². The van der Waals surface area contributed by atoms with Gasteiger partial charge in [0.1, 0.15) is 46.0 Å². The van der Waals surface area contributed by atoms with E-state index in [0.29, 0.717) is 0 Å². The van der Waals surface area contributed by atoms with Crippen LogP contribution in [0.4, 0.5) is 0 Å². The van der Waals surface area contributed by atoms with Crippen LogP contribution in [0.2, 0.25) is 0 Å². The van der Waals surface area contributed by atoms with Gasteiger partial charge in [-0.1, -0.05) is 32.1 Å². The molecule has 0 spiro atoms. The molecule has 0 saturated carbocycles. The van der Waals surface area contributed by atoms with Crippen molar-refractivity contribution in [1.29, 1.82) is 0 Å². The van der Waals surface area contributed by atoms with Crippen molar-refractivity contribution in [3.63, 3.8) is 0 Å². The predicted octanol–water partition coefficient (Wildman–Crippen LogP) is 7.66. The molecule has 4 rings (SSSR count). The summed E-state index contributed by atoms with van der Waals surface area (Å²) in [4.78, 5) is 0. The van der Waals surface area contributed by atoms with E-state index >= 15 is 0 Å². The maximum Gasteiger partial charge on any atom is 0.130 e. The smallest absolute Gasteiger partial charge is 0.130 e. The largest absolute Gasteiger partial charge is 0.497 e. The molecule has 0 heterocycles. The van der Waals surface area contributed by atoms with Gasteiger partial charge in [0, 0.05) is 52.1 Å². The van der Waals surface area contributed by atoms with Crippen LogP contribution >= 0.6 is 15.8 Å². The number of rotatable bonds is 24. The van der Waals surface area contributed by atoms with Crippen LogP contribution in [0.25, 0.3) is 0 Å². The molecular formula is C43H58O9P2. The molecule has 0 unspecified atom stereocenters. The highest BCUT2D eigenvalue weighted by atomic mass is 31.1. The highest BCUT2D eigenvalue weighted by Crippen LogP contribution is 2.49. The number of ether oxygens (including phenoxy) is 8. The molecule has 4 aromatic rings. The Bertz CT molecular complexity index is 1510. The third-order valence-corrected chi connectivity index (χ3v) is 15.2. The van der Waals surface area contributed by atoms with E-state index in [2.05, 4.69) is 24.3 Å². The lowest BCUT2D eigenvalue weighted by atomic mass is 10.0. The van der Waals surface area contributed by atoms with E-state index in [1.165, 1.54) is 0 Å². The molecule has 0 aromatic heterocycles. The average Bonchev–Trinajstić information content (AvgIpc) is 3.23. The number of aliphatic hydroxyl groups is 1. The van der Waals surface area contributed by atoms with Crippen LogP contribution in [0.3, 0.4) is 0 Å². The molecule has 4 aromatic carbocycles. The molecular weight excluding hydrogens is 722 g/mol. The second kappa shape index (κ2) is 22.5. The molecule has 0 saturated heterocycles. The molecule has 0 aliphatic rings. The molecule has 294 valence electrons. The normalized spacial score (nSPS) is 11.2. The number of hydrogen-bond donors (Lipinski definition) is 1. The van der Waals surface area contributed by atoms with Crippen LogP contribution in [0.1, 0.15) is 44.9 Å². The van der Waals surface area contributed by atoms with E-state index in [0.717, 1.165) is 124 Å². The fourth-order valence-corrected chi connectivity index (χ4v) is 12.6. The van der Waals surface area contributed by atoms with Crippen LogP contribution in [-0.2, 0) is 0 Å². The minimum Gasteiger partial charge on any atom is -0.497 e. The van der Waals surface area contributed by atoms with Gasteiger partial charge in [-0.2, -0.15) is 0 Å². The first kappa shape index (κ1) is 42.8. The molecule has 0 radical (unpaired) electrons. The maximum absolute atomic E-state index is 9.29. The van der Waals surface area contributed by atoms with Crippen molar-refractivity contribution in [2.45, 2.75) is 44.9 Å². The van der Waals surface area contributed by atoms with E-state index < -0.39 is 15.8 Å². The summed E-state index contributed by atoms with van der Waals surface area (Å²) < 4.78 is 46.7. The molecule has 0 atom stereocenters. The summed E-state index contributed by atoms with van der Waals surface area (Å²) in [5.41, 5.74) is 0. The fraction of sp³-hybridized carbons (Fsp3) is 0.442. The molecule has 0 aliphatic carbocycles. The minimum atomic E-state index is -0.998. The Labute approximate surface area is 324 Å². The van der Waals surface area contributed by atoms with E-state index in [1.54, 1.807) is 56.9 Å². The van der Waals surface area contributed by atoms with Gasteiger partial charge >= 0.3 is 0 Å². The maximum atomic E-state index is 9.29. The van der Waals surface area contributed by atoms with Crippen molar-refractivity contribution >= 4 is 37.1 Å². The average molecular weight is 781 g/mol. The van der Waals surface area contributed by atoms with Gasteiger partial charge in [-0.15, -0.1) is 0 Å². The van der Waals surface area contributed by atoms with Crippen molar-refractivity contribution < 1.29 is 43.0 Å². The summed E-state index contributed by atoms with van der Waals surface area (Å²) in [6.45, 7) is 0.252. The van der Waals surface area contributed by atoms with Gasteiger partial charge in [0.05, 0.1) is 56.9 Å².